The van der Waals surface area contributed by atoms with Crippen LogP contribution >= 0.6 is 11.8 Å². The van der Waals surface area contributed by atoms with E-state index in [9.17, 15) is 4.39 Å². The maximum absolute atomic E-state index is 13.6. The molecule has 2 atom stereocenters. The van der Waals surface area contributed by atoms with Gasteiger partial charge in [0.1, 0.15) is 0 Å². The molecule has 1 rings (SSSR count). The molecule has 0 radical (unpaired) electrons. The van der Waals surface area contributed by atoms with Crippen LogP contribution in [-0.4, -0.2) is 22.6 Å². The molecule has 0 aromatic rings. The summed E-state index contributed by atoms with van der Waals surface area (Å²) in [6.45, 7) is 9.25. The van der Waals surface area contributed by atoms with Crippen molar-refractivity contribution in [3.8, 4) is 0 Å². The number of nitrogens with one attached hydrogen (secondary N) is 1. The molecule has 1 saturated heterocycles. The van der Waals surface area contributed by atoms with Crippen LogP contribution < -0.4 is 5.32 Å². The third-order valence-corrected chi connectivity index (χ3v) is 4.13. The number of nitrogens with zero attached hydrogens (tertiary/aromatic N) is 1. The van der Waals surface area contributed by atoms with Gasteiger partial charge in [-0.1, -0.05) is 20.1 Å². The Morgan fingerprint density at radius 1 is 1.56 bits per heavy atom. The molecule has 0 bridgehead atoms. The van der Waals surface area contributed by atoms with Crippen molar-refractivity contribution in [2.24, 2.45) is 0 Å². The number of rotatable bonds is 5. The highest BCUT2D eigenvalue weighted by atomic mass is 32.2. The molecule has 1 N–H and O–H groups in total. The molecular formula is C12H19FN2S. The molecule has 1 heterocycles. The van der Waals surface area contributed by atoms with Gasteiger partial charge >= 0.3 is 0 Å². The minimum Gasteiger partial charge on any atom is -0.366 e. The summed E-state index contributed by atoms with van der Waals surface area (Å²) in [6.07, 6.45) is 5.21. The molecular weight excluding hydrogens is 223 g/mol. The normalized spacial score (nSPS) is 25.3. The van der Waals surface area contributed by atoms with Gasteiger partial charge < -0.3 is 10.2 Å². The van der Waals surface area contributed by atoms with Crippen molar-refractivity contribution in [3.63, 3.8) is 0 Å². The van der Waals surface area contributed by atoms with Crippen LogP contribution in [0.15, 0.2) is 37.1 Å². The molecule has 1 aliphatic rings. The first kappa shape index (κ1) is 13.2. The molecule has 0 amide bonds. The highest BCUT2D eigenvalue weighted by Gasteiger charge is 2.24. The maximum Gasteiger partial charge on any atom is 0.161 e. The minimum absolute atomic E-state index is 0.248. The van der Waals surface area contributed by atoms with E-state index in [4.69, 9.17) is 0 Å². The van der Waals surface area contributed by atoms with Gasteiger partial charge in [0.25, 0.3) is 0 Å². The lowest BCUT2D eigenvalue weighted by Gasteiger charge is -2.22. The fourth-order valence-electron chi connectivity index (χ4n) is 1.61. The van der Waals surface area contributed by atoms with E-state index in [2.05, 4.69) is 25.4 Å². The first-order valence-corrected chi connectivity index (χ1v) is 6.30. The van der Waals surface area contributed by atoms with Gasteiger partial charge in [-0.3, -0.25) is 0 Å². The molecule has 0 aromatic heterocycles. The summed E-state index contributed by atoms with van der Waals surface area (Å²) >= 11 is 1.89. The largest absolute Gasteiger partial charge is 0.366 e. The molecule has 16 heavy (non-hydrogen) atoms. The average Bonchev–Trinajstić information content (AvgIpc) is 2.65. The summed E-state index contributed by atoms with van der Waals surface area (Å²) in [4.78, 5) is 1.92. The zero-order valence-corrected chi connectivity index (χ0v) is 10.7. The van der Waals surface area contributed by atoms with Crippen LogP contribution in [0.5, 0.6) is 0 Å². The Labute approximate surface area is 101 Å². The number of hydrogen-bond donors (Lipinski definition) is 1. The van der Waals surface area contributed by atoms with Crippen LogP contribution in [0.3, 0.4) is 0 Å². The van der Waals surface area contributed by atoms with Crippen LogP contribution in [0.2, 0.25) is 0 Å². The summed E-state index contributed by atoms with van der Waals surface area (Å²) in [7, 11) is 1.90. The van der Waals surface area contributed by atoms with Crippen molar-refractivity contribution in [1.29, 1.82) is 0 Å². The molecule has 1 fully saturated rings. The van der Waals surface area contributed by atoms with Crippen molar-refractivity contribution in [1.82, 2.24) is 10.2 Å². The second-order valence-electron chi connectivity index (χ2n) is 3.95. The smallest absolute Gasteiger partial charge is 0.161 e. The first-order chi connectivity index (χ1) is 7.54. The van der Waals surface area contributed by atoms with Crippen LogP contribution in [0, 0.1) is 0 Å². The molecule has 0 aliphatic carbocycles. The van der Waals surface area contributed by atoms with Gasteiger partial charge in [0.05, 0.1) is 11.1 Å². The van der Waals surface area contributed by atoms with Crippen LogP contribution in [0.1, 0.15) is 19.8 Å². The Kier molecular flexibility index (Phi) is 4.93. The van der Waals surface area contributed by atoms with Crippen LogP contribution in [-0.2, 0) is 0 Å². The number of allylic oxidation sites excluding steroid dienone is 1. The summed E-state index contributed by atoms with van der Waals surface area (Å²) in [5.41, 5.74) is 0.248. The molecule has 2 nitrogen and oxygen atoms in total. The third kappa shape index (κ3) is 3.59. The third-order valence-electron chi connectivity index (χ3n) is 2.55. The van der Waals surface area contributed by atoms with Crippen molar-refractivity contribution in [3.05, 3.63) is 37.1 Å². The Morgan fingerprint density at radius 3 is 2.75 bits per heavy atom. The van der Waals surface area contributed by atoms with E-state index in [-0.39, 0.29) is 11.5 Å². The SMILES string of the molecule is C=CNC(=C)/C(F)=C\N(C)C1CCC(C)S1. The van der Waals surface area contributed by atoms with E-state index >= 15 is 0 Å². The van der Waals surface area contributed by atoms with E-state index in [1.165, 1.54) is 18.8 Å². The standard InChI is InChI=1S/C12H19FN2S/c1-5-14-10(3)11(13)8-15(4)12-7-6-9(2)16-12/h5,8-9,12,14H,1,3,6-7H2,2,4H3/b11-8+. The minimum atomic E-state index is -0.345. The molecule has 0 spiro atoms. The first-order valence-electron chi connectivity index (χ1n) is 5.36. The molecule has 4 heteroatoms. The molecule has 0 saturated carbocycles. The summed E-state index contributed by atoms with van der Waals surface area (Å²) in [5, 5.41) is 3.68. The van der Waals surface area contributed by atoms with Crippen molar-refractivity contribution < 1.29 is 4.39 Å². The van der Waals surface area contributed by atoms with Gasteiger partial charge in [0.2, 0.25) is 0 Å². The van der Waals surface area contributed by atoms with E-state index in [0.717, 1.165) is 6.42 Å². The predicted molar refractivity (Wildman–Crippen MR) is 69.5 cm³/mol. The van der Waals surface area contributed by atoms with E-state index in [0.29, 0.717) is 10.6 Å². The fourth-order valence-corrected chi connectivity index (χ4v) is 2.95. The topological polar surface area (TPSA) is 15.3 Å². The Hall–Kier alpha value is -0.900. The lowest BCUT2D eigenvalue weighted by atomic mass is 10.2. The highest BCUT2D eigenvalue weighted by molar-refractivity contribution is 8.00. The highest BCUT2D eigenvalue weighted by Crippen LogP contribution is 2.35. The average molecular weight is 242 g/mol. The maximum atomic E-state index is 13.6. The number of halogens is 1. The predicted octanol–water partition coefficient (Wildman–Crippen LogP) is 3.22. The number of hydrogen-bond acceptors (Lipinski definition) is 3. The van der Waals surface area contributed by atoms with Gasteiger partial charge in [-0.05, 0) is 19.0 Å². The lowest BCUT2D eigenvalue weighted by molar-refractivity contribution is 0.402. The van der Waals surface area contributed by atoms with Gasteiger partial charge in [-0.15, -0.1) is 11.8 Å². The van der Waals surface area contributed by atoms with Crippen molar-refractivity contribution in [2.45, 2.75) is 30.4 Å². The quantitative estimate of drug-likeness (QED) is 0.745. The number of thioether (sulfide) groups is 1. The summed E-state index contributed by atoms with van der Waals surface area (Å²) < 4.78 is 13.6. The Morgan fingerprint density at radius 2 is 2.25 bits per heavy atom. The van der Waals surface area contributed by atoms with Crippen molar-refractivity contribution in [2.75, 3.05) is 7.05 Å². The molecule has 90 valence electrons. The second-order valence-corrected chi connectivity index (χ2v) is 5.57. The van der Waals surface area contributed by atoms with E-state index in [1.54, 1.807) is 0 Å². The van der Waals surface area contributed by atoms with Crippen LogP contribution in [0.4, 0.5) is 4.39 Å². The van der Waals surface area contributed by atoms with Gasteiger partial charge in [-0.25, -0.2) is 4.39 Å². The summed E-state index contributed by atoms with van der Waals surface area (Å²) in [5.74, 6) is -0.345. The zero-order chi connectivity index (χ0) is 12.1. The van der Waals surface area contributed by atoms with Gasteiger partial charge in [-0.2, -0.15) is 0 Å². The monoisotopic (exact) mass is 242 g/mol. The second kappa shape index (κ2) is 5.99. The Balaban J connectivity index is 2.54. The van der Waals surface area contributed by atoms with Crippen LogP contribution in [0.25, 0.3) is 0 Å². The van der Waals surface area contributed by atoms with Gasteiger partial charge in [0, 0.05) is 18.5 Å². The summed E-state index contributed by atoms with van der Waals surface area (Å²) in [6, 6.07) is 0. The zero-order valence-electron chi connectivity index (χ0n) is 9.87. The fraction of sp³-hybridized carbons (Fsp3) is 0.500. The molecule has 1 aliphatic heterocycles. The van der Waals surface area contributed by atoms with E-state index < -0.39 is 0 Å². The van der Waals surface area contributed by atoms with E-state index in [1.807, 2.05) is 23.7 Å². The Bertz CT molecular complexity index is 301. The lowest BCUT2D eigenvalue weighted by Crippen LogP contribution is -2.22. The van der Waals surface area contributed by atoms with Gasteiger partial charge in [0.15, 0.2) is 5.83 Å². The van der Waals surface area contributed by atoms with Crippen molar-refractivity contribution >= 4 is 11.8 Å². The molecule has 2 unspecified atom stereocenters. The molecule has 0 aromatic carbocycles.